The maximum atomic E-state index is 12.0. The van der Waals surface area contributed by atoms with Crippen LogP contribution in [0.15, 0.2) is 22.7 Å². The van der Waals surface area contributed by atoms with Crippen molar-refractivity contribution in [2.24, 2.45) is 0 Å². The maximum Gasteiger partial charge on any atom is 0.389 e. The van der Waals surface area contributed by atoms with E-state index < -0.39 is 24.9 Å². The molecule has 0 saturated carbocycles. The SMILES string of the molecule is CCc1cc(Br)ccc1NC(=O)CCC(F)(F)F. The fourth-order valence-electron chi connectivity index (χ4n) is 1.44. The van der Waals surface area contributed by atoms with E-state index in [1.807, 2.05) is 13.0 Å². The highest BCUT2D eigenvalue weighted by molar-refractivity contribution is 9.10. The van der Waals surface area contributed by atoms with Crippen LogP contribution in [-0.2, 0) is 11.2 Å². The Morgan fingerprint density at radius 1 is 1.39 bits per heavy atom. The second kappa shape index (κ2) is 6.22. The van der Waals surface area contributed by atoms with Crippen LogP contribution in [0.3, 0.4) is 0 Å². The first-order chi connectivity index (χ1) is 8.31. The van der Waals surface area contributed by atoms with E-state index >= 15 is 0 Å². The number of alkyl halides is 3. The summed E-state index contributed by atoms with van der Waals surface area (Å²) < 4.78 is 36.8. The Balaban J connectivity index is 2.64. The monoisotopic (exact) mass is 323 g/mol. The van der Waals surface area contributed by atoms with Crippen LogP contribution in [0.1, 0.15) is 25.3 Å². The molecule has 0 bridgehead atoms. The summed E-state index contributed by atoms with van der Waals surface area (Å²) in [5, 5.41) is 2.50. The van der Waals surface area contributed by atoms with Crippen molar-refractivity contribution in [1.29, 1.82) is 0 Å². The molecule has 1 rings (SSSR count). The van der Waals surface area contributed by atoms with Crippen molar-refractivity contribution in [2.75, 3.05) is 5.32 Å². The van der Waals surface area contributed by atoms with E-state index in [-0.39, 0.29) is 0 Å². The van der Waals surface area contributed by atoms with Crippen molar-refractivity contribution in [3.8, 4) is 0 Å². The van der Waals surface area contributed by atoms with Crippen LogP contribution in [0.25, 0.3) is 0 Å². The number of amides is 1. The minimum atomic E-state index is -4.30. The fraction of sp³-hybridized carbons (Fsp3) is 0.417. The molecule has 0 saturated heterocycles. The van der Waals surface area contributed by atoms with Crippen molar-refractivity contribution < 1.29 is 18.0 Å². The first-order valence-electron chi connectivity index (χ1n) is 5.47. The second-order valence-corrected chi connectivity index (χ2v) is 4.73. The summed E-state index contributed by atoms with van der Waals surface area (Å²) in [5.41, 5.74) is 1.44. The third kappa shape index (κ3) is 5.08. The van der Waals surface area contributed by atoms with Gasteiger partial charge in [0.2, 0.25) is 5.91 Å². The van der Waals surface area contributed by atoms with Gasteiger partial charge >= 0.3 is 6.18 Å². The number of aryl methyl sites for hydroxylation is 1. The van der Waals surface area contributed by atoms with Crippen LogP contribution in [0.4, 0.5) is 18.9 Å². The van der Waals surface area contributed by atoms with Crippen LogP contribution >= 0.6 is 15.9 Å². The van der Waals surface area contributed by atoms with Crippen molar-refractivity contribution in [1.82, 2.24) is 0 Å². The molecule has 0 unspecified atom stereocenters. The highest BCUT2D eigenvalue weighted by Gasteiger charge is 2.27. The quantitative estimate of drug-likeness (QED) is 0.879. The second-order valence-electron chi connectivity index (χ2n) is 3.82. The number of nitrogens with one attached hydrogen (secondary N) is 1. The first-order valence-corrected chi connectivity index (χ1v) is 6.26. The Kier molecular flexibility index (Phi) is 5.19. The molecule has 1 aromatic rings. The molecule has 1 amide bonds. The first kappa shape index (κ1) is 15.0. The van der Waals surface area contributed by atoms with Gasteiger partial charge in [0.05, 0.1) is 6.42 Å². The summed E-state index contributed by atoms with van der Waals surface area (Å²) in [6.07, 6.45) is -5.27. The van der Waals surface area contributed by atoms with Crippen LogP contribution in [0, 0.1) is 0 Å². The Morgan fingerprint density at radius 2 is 2.06 bits per heavy atom. The third-order valence-electron chi connectivity index (χ3n) is 2.36. The molecule has 0 aliphatic carbocycles. The van der Waals surface area contributed by atoms with E-state index in [0.29, 0.717) is 12.1 Å². The summed E-state index contributed by atoms with van der Waals surface area (Å²) in [6, 6.07) is 5.24. The summed E-state index contributed by atoms with van der Waals surface area (Å²) in [6.45, 7) is 1.91. The maximum absolute atomic E-state index is 12.0. The Labute approximate surface area is 112 Å². The Bertz CT molecular complexity index is 432. The van der Waals surface area contributed by atoms with Gasteiger partial charge in [0.25, 0.3) is 0 Å². The smallest absolute Gasteiger partial charge is 0.326 e. The molecular formula is C12H13BrF3NO. The number of anilines is 1. The zero-order chi connectivity index (χ0) is 13.8. The van der Waals surface area contributed by atoms with E-state index in [9.17, 15) is 18.0 Å². The van der Waals surface area contributed by atoms with Gasteiger partial charge in [-0.2, -0.15) is 13.2 Å². The van der Waals surface area contributed by atoms with E-state index in [4.69, 9.17) is 0 Å². The number of hydrogen-bond donors (Lipinski definition) is 1. The highest BCUT2D eigenvalue weighted by atomic mass is 79.9. The van der Waals surface area contributed by atoms with E-state index in [2.05, 4.69) is 21.2 Å². The van der Waals surface area contributed by atoms with Gasteiger partial charge in [-0.15, -0.1) is 0 Å². The number of benzene rings is 1. The minimum absolute atomic E-state index is 0.553. The van der Waals surface area contributed by atoms with Gasteiger partial charge in [-0.1, -0.05) is 22.9 Å². The normalized spacial score (nSPS) is 11.4. The minimum Gasteiger partial charge on any atom is -0.326 e. The predicted molar refractivity (Wildman–Crippen MR) is 67.4 cm³/mol. The average Bonchev–Trinajstić information content (AvgIpc) is 2.28. The van der Waals surface area contributed by atoms with Crippen molar-refractivity contribution >= 4 is 27.5 Å². The zero-order valence-corrected chi connectivity index (χ0v) is 11.4. The average molecular weight is 324 g/mol. The molecule has 100 valence electrons. The van der Waals surface area contributed by atoms with E-state index in [0.717, 1.165) is 10.0 Å². The standard InChI is InChI=1S/C12H13BrF3NO/c1-2-8-7-9(13)3-4-10(8)17-11(18)5-6-12(14,15)16/h3-4,7H,2,5-6H2,1H3,(H,17,18). The van der Waals surface area contributed by atoms with E-state index in [1.165, 1.54) is 0 Å². The van der Waals surface area contributed by atoms with Gasteiger partial charge in [0.15, 0.2) is 0 Å². The van der Waals surface area contributed by atoms with Crippen molar-refractivity contribution in [2.45, 2.75) is 32.4 Å². The fourth-order valence-corrected chi connectivity index (χ4v) is 1.85. The number of carbonyl (C=O) groups excluding carboxylic acids is 1. The van der Waals surface area contributed by atoms with Crippen LogP contribution in [-0.4, -0.2) is 12.1 Å². The van der Waals surface area contributed by atoms with Crippen molar-refractivity contribution in [3.05, 3.63) is 28.2 Å². The number of rotatable bonds is 4. The molecule has 2 nitrogen and oxygen atoms in total. The molecular weight excluding hydrogens is 311 g/mol. The van der Waals surface area contributed by atoms with Gasteiger partial charge in [-0.3, -0.25) is 4.79 Å². The van der Waals surface area contributed by atoms with Gasteiger partial charge in [-0.25, -0.2) is 0 Å². The lowest BCUT2D eigenvalue weighted by molar-refractivity contribution is -0.142. The molecule has 0 aliphatic rings. The summed E-state index contributed by atoms with van der Waals surface area (Å²) in [7, 11) is 0. The molecule has 18 heavy (non-hydrogen) atoms. The molecule has 0 radical (unpaired) electrons. The molecule has 0 aliphatic heterocycles. The van der Waals surface area contributed by atoms with Gasteiger partial charge < -0.3 is 5.32 Å². The summed E-state index contributed by atoms with van der Waals surface area (Å²) in [5.74, 6) is -0.621. The molecule has 1 N–H and O–H groups in total. The Morgan fingerprint density at radius 3 is 2.61 bits per heavy atom. The Hall–Kier alpha value is -1.04. The van der Waals surface area contributed by atoms with Gasteiger partial charge in [0.1, 0.15) is 0 Å². The van der Waals surface area contributed by atoms with Crippen molar-refractivity contribution in [3.63, 3.8) is 0 Å². The molecule has 6 heteroatoms. The van der Waals surface area contributed by atoms with Crippen LogP contribution in [0.5, 0.6) is 0 Å². The number of halogens is 4. The van der Waals surface area contributed by atoms with Gasteiger partial charge in [0, 0.05) is 16.6 Å². The lowest BCUT2D eigenvalue weighted by Crippen LogP contribution is -2.17. The third-order valence-corrected chi connectivity index (χ3v) is 2.85. The summed E-state index contributed by atoms with van der Waals surface area (Å²) in [4.78, 5) is 11.4. The number of carbonyl (C=O) groups is 1. The van der Waals surface area contributed by atoms with E-state index in [1.54, 1.807) is 12.1 Å². The molecule has 0 atom stereocenters. The predicted octanol–water partition coefficient (Wildman–Crippen LogP) is 4.29. The molecule has 0 spiro atoms. The molecule has 0 aromatic heterocycles. The molecule has 0 heterocycles. The lowest BCUT2D eigenvalue weighted by Gasteiger charge is -2.11. The van der Waals surface area contributed by atoms with Gasteiger partial charge in [-0.05, 0) is 30.2 Å². The van der Waals surface area contributed by atoms with Crippen LogP contribution in [0.2, 0.25) is 0 Å². The highest BCUT2D eigenvalue weighted by Crippen LogP contribution is 2.24. The van der Waals surface area contributed by atoms with Crippen LogP contribution < -0.4 is 5.32 Å². The molecule has 1 aromatic carbocycles. The topological polar surface area (TPSA) is 29.1 Å². The summed E-state index contributed by atoms with van der Waals surface area (Å²) >= 11 is 3.30. The largest absolute Gasteiger partial charge is 0.389 e. The number of hydrogen-bond acceptors (Lipinski definition) is 1. The molecule has 0 fully saturated rings. The lowest BCUT2D eigenvalue weighted by atomic mass is 10.1. The zero-order valence-electron chi connectivity index (χ0n) is 9.77.